The largest absolute Gasteiger partial charge is 0.497 e. The fourth-order valence-electron chi connectivity index (χ4n) is 4.49. The molecule has 188 valence electrons. The summed E-state index contributed by atoms with van der Waals surface area (Å²) in [6.07, 6.45) is 0.950. The van der Waals surface area contributed by atoms with Crippen LogP contribution in [0.3, 0.4) is 0 Å². The fourth-order valence-corrected chi connectivity index (χ4v) is 4.49. The van der Waals surface area contributed by atoms with Gasteiger partial charge in [-0.15, -0.1) is 0 Å². The third-order valence-corrected chi connectivity index (χ3v) is 6.50. The highest BCUT2D eigenvalue weighted by molar-refractivity contribution is 6.01. The summed E-state index contributed by atoms with van der Waals surface area (Å²) in [7, 11) is 3.20. The van der Waals surface area contributed by atoms with Crippen LogP contribution in [0.2, 0.25) is 0 Å². The van der Waals surface area contributed by atoms with Crippen molar-refractivity contribution in [2.75, 3.05) is 19.1 Å². The molecule has 1 aromatic heterocycles. The Morgan fingerprint density at radius 3 is 2.38 bits per heavy atom. The average Bonchev–Trinajstić information content (AvgIpc) is 3.42. The van der Waals surface area contributed by atoms with E-state index in [1.807, 2.05) is 61.5 Å². The lowest BCUT2D eigenvalue weighted by Crippen LogP contribution is -2.46. The number of benzene rings is 3. The zero-order chi connectivity index (χ0) is 25.9. The van der Waals surface area contributed by atoms with Crippen LogP contribution in [0.25, 0.3) is 17.0 Å². The average molecular weight is 497 g/mol. The monoisotopic (exact) mass is 496 g/mol. The van der Waals surface area contributed by atoms with Gasteiger partial charge >= 0.3 is 6.03 Å². The SMILES string of the molecule is CCc1ccc(-c2noc(C3=C(C)N(c4cccc(OC)c4)C(=O)NC3c3cccc(OC)c3)n2)cc1. The van der Waals surface area contributed by atoms with E-state index in [0.717, 1.165) is 17.5 Å². The van der Waals surface area contributed by atoms with Gasteiger partial charge in [0.15, 0.2) is 0 Å². The van der Waals surface area contributed by atoms with Crippen LogP contribution < -0.4 is 19.7 Å². The molecule has 1 aliphatic rings. The first kappa shape index (κ1) is 24.1. The molecule has 0 radical (unpaired) electrons. The van der Waals surface area contributed by atoms with Crippen molar-refractivity contribution in [1.82, 2.24) is 15.5 Å². The van der Waals surface area contributed by atoms with Crippen LogP contribution in [0.1, 0.15) is 36.9 Å². The van der Waals surface area contributed by atoms with E-state index in [-0.39, 0.29) is 6.03 Å². The number of aromatic nitrogens is 2. The van der Waals surface area contributed by atoms with E-state index in [1.54, 1.807) is 25.2 Å². The zero-order valence-electron chi connectivity index (χ0n) is 21.2. The summed E-state index contributed by atoms with van der Waals surface area (Å²) in [4.78, 5) is 19.8. The Hall–Kier alpha value is -4.59. The first-order chi connectivity index (χ1) is 18.0. The molecule has 4 aromatic rings. The summed E-state index contributed by atoms with van der Waals surface area (Å²) in [6.45, 7) is 3.99. The van der Waals surface area contributed by atoms with Crippen LogP contribution in [0, 0.1) is 0 Å². The second-order valence-corrected chi connectivity index (χ2v) is 8.67. The summed E-state index contributed by atoms with van der Waals surface area (Å²) in [5.74, 6) is 2.13. The Balaban J connectivity index is 1.64. The first-order valence-electron chi connectivity index (χ1n) is 12.0. The minimum absolute atomic E-state index is 0.280. The number of rotatable bonds is 7. The van der Waals surface area contributed by atoms with Crippen molar-refractivity contribution in [3.05, 3.63) is 95.5 Å². The molecular weight excluding hydrogens is 468 g/mol. The molecule has 8 heteroatoms. The molecule has 5 rings (SSSR count). The van der Waals surface area contributed by atoms with Crippen molar-refractivity contribution >= 4 is 17.3 Å². The van der Waals surface area contributed by atoms with Gasteiger partial charge in [0.05, 0.1) is 31.5 Å². The lowest BCUT2D eigenvalue weighted by Gasteiger charge is -2.35. The van der Waals surface area contributed by atoms with Gasteiger partial charge in [-0.25, -0.2) is 4.79 Å². The molecule has 0 saturated carbocycles. The van der Waals surface area contributed by atoms with Crippen molar-refractivity contribution in [2.45, 2.75) is 26.3 Å². The molecular formula is C29H28N4O4. The van der Waals surface area contributed by atoms with Gasteiger partial charge in [0.1, 0.15) is 11.5 Å². The lowest BCUT2D eigenvalue weighted by molar-refractivity contribution is 0.244. The predicted octanol–water partition coefficient (Wildman–Crippen LogP) is 6.02. The molecule has 2 amide bonds. The number of urea groups is 1. The van der Waals surface area contributed by atoms with Gasteiger partial charge in [0, 0.05) is 17.3 Å². The van der Waals surface area contributed by atoms with E-state index in [9.17, 15) is 4.79 Å². The third-order valence-electron chi connectivity index (χ3n) is 6.50. The summed E-state index contributed by atoms with van der Waals surface area (Å²) in [6, 6.07) is 22.2. The molecule has 8 nitrogen and oxygen atoms in total. The Morgan fingerprint density at radius 1 is 0.973 bits per heavy atom. The third kappa shape index (κ3) is 4.65. The van der Waals surface area contributed by atoms with E-state index < -0.39 is 6.04 Å². The fraction of sp³-hybridized carbons (Fsp3) is 0.207. The Labute approximate surface area is 215 Å². The number of carbonyl (C=O) groups excluding carboxylic acids is 1. The highest BCUT2D eigenvalue weighted by atomic mass is 16.5. The normalized spacial score (nSPS) is 15.5. The number of hydrogen-bond acceptors (Lipinski definition) is 6. The summed E-state index contributed by atoms with van der Waals surface area (Å²) < 4.78 is 16.6. The van der Waals surface area contributed by atoms with Crippen LogP contribution in [-0.4, -0.2) is 30.4 Å². The molecule has 2 heterocycles. The van der Waals surface area contributed by atoms with Crippen molar-refractivity contribution < 1.29 is 18.8 Å². The maximum atomic E-state index is 13.4. The molecule has 1 atom stereocenters. The van der Waals surface area contributed by atoms with E-state index in [0.29, 0.717) is 40.2 Å². The van der Waals surface area contributed by atoms with E-state index in [2.05, 4.69) is 29.5 Å². The van der Waals surface area contributed by atoms with Crippen LogP contribution in [0.5, 0.6) is 11.5 Å². The van der Waals surface area contributed by atoms with Crippen LogP contribution in [-0.2, 0) is 6.42 Å². The van der Waals surface area contributed by atoms with Crippen molar-refractivity contribution in [3.63, 3.8) is 0 Å². The Kier molecular flexibility index (Phi) is 6.64. The highest BCUT2D eigenvalue weighted by Gasteiger charge is 2.36. The number of amides is 2. The number of nitrogens with one attached hydrogen (secondary N) is 1. The first-order valence-corrected chi connectivity index (χ1v) is 12.0. The van der Waals surface area contributed by atoms with E-state index >= 15 is 0 Å². The van der Waals surface area contributed by atoms with Gasteiger partial charge in [0.2, 0.25) is 5.82 Å². The quantitative estimate of drug-likeness (QED) is 0.337. The van der Waals surface area contributed by atoms with Gasteiger partial charge in [0.25, 0.3) is 5.89 Å². The number of carbonyl (C=O) groups is 1. The smallest absolute Gasteiger partial charge is 0.327 e. The number of hydrogen-bond donors (Lipinski definition) is 1. The number of aryl methyl sites for hydroxylation is 1. The number of allylic oxidation sites excluding steroid dienone is 1. The molecule has 3 aromatic carbocycles. The molecule has 37 heavy (non-hydrogen) atoms. The zero-order valence-corrected chi connectivity index (χ0v) is 21.2. The number of anilines is 1. The maximum absolute atomic E-state index is 13.4. The van der Waals surface area contributed by atoms with Crippen molar-refractivity contribution in [2.24, 2.45) is 0 Å². The molecule has 1 unspecified atom stereocenters. The van der Waals surface area contributed by atoms with E-state index in [1.165, 1.54) is 5.56 Å². The minimum Gasteiger partial charge on any atom is -0.497 e. The number of methoxy groups -OCH3 is 2. The van der Waals surface area contributed by atoms with Crippen LogP contribution in [0.4, 0.5) is 10.5 Å². The molecule has 1 N–H and O–H groups in total. The molecule has 0 bridgehead atoms. The molecule has 0 spiro atoms. The summed E-state index contributed by atoms with van der Waals surface area (Å²) >= 11 is 0. The summed E-state index contributed by atoms with van der Waals surface area (Å²) in [5.41, 5.74) is 4.94. The number of ether oxygens (including phenoxy) is 2. The Morgan fingerprint density at radius 2 is 1.68 bits per heavy atom. The molecule has 1 aliphatic heterocycles. The minimum atomic E-state index is -0.528. The molecule has 0 aliphatic carbocycles. The predicted molar refractivity (Wildman–Crippen MR) is 141 cm³/mol. The van der Waals surface area contributed by atoms with Crippen molar-refractivity contribution in [1.29, 1.82) is 0 Å². The summed E-state index contributed by atoms with van der Waals surface area (Å²) in [5, 5.41) is 7.38. The second-order valence-electron chi connectivity index (χ2n) is 8.67. The lowest BCUT2D eigenvalue weighted by atomic mass is 9.94. The van der Waals surface area contributed by atoms with Crippen LogP contribution >= 0.6 is 0 Å². The molecule has 0 saturated heterocycles. The topological polar surface area (TPSA) is 89.7 Å². The standard InChI is InChI=1S/C29H28N4O4/c1-5-19-12-14-20(15-13-19)27-31-28(37-32-27)25-18(2)33(22-9-7-11-24(17-22)36-4)29(34)30-26(25)21-8-6-10-23(16-21)35-3/h6-17,26H,5H2,1-4H3,(H,30,34). The van der Waals surface area contributed by atoms with E-state index in [4.69, 9.17) is 19.0 Å². The van der Waals surface area contributed by atoms with Gasteiger partial charge in [-0.2, -0.15) is 4.98 Å². The Bertz CT molecular complexity index is 1460. The van der Waals surface area contributed by atoms with Gasteiger partial charge in [-0.05, 0) is 48.7 Å². The van der Waals surface area contributed by atoms with Crippen LogP contribution in [0.15, 0.2) is 83.0 Å². The molecule has 0 fully saturated rings. The van der Waals surface area contributed by atoms with Gasteiger partial charge < -0.3 is 19.3 Å². The highest BCUT2D eigenvalue weighted by Crippen LogP contribution is 2.40. The number of nitrogens with zero attached hydrogens (tertiary/aromatic N) is 3. The van der Waals surface area contributed by atoms with Gasteiger partial charge in [-0.1, -0.05) is 54.5 Å². The second kappa shape index (κ2) is 10.2. The van der Waals surface area contributed by atoms with Gasteiger partial charge in [-0.3, -0.25) is 4.90 Å². The maximum Gasteiger partial charge on any atom is 0.327 e. The van der Waals surface area contributed by atoms with Crippen molar-refractivity contribution in [3.8, 4) is 22.9 Å².